The highest BCUT2D eigenvalue weighted by Gasteiger charge is 2.61. The lowest BCUT2D eigenvalue weighted by molar-refractivity contribution is -0.143. The van der Waals surface area contributed by atoms with Crippen LogP contribution in [-0.2, 0) is 10.2 Å². The number of hydrogen-bond donors (Lipinski definition) is 1. The Morgan fingerprint density at radius 3 is 2.62 bits per heavy atom. The maximum absolute atomic E-state index is 13.5. The van der Waals surface area contributed by atoms with Crippen LogP contribution in [0, 0.1) is 24.2 Å². The number of nitrogens with one attached hydrogen (secondary N) is 1. The summed E-state index contributed by atoms with van der Waals surface area (Å²) in [6, 6.07) is 9.10. The fourth-order valence-electron chi connectivity index (χ4n) is 6.52. The van der Waals surface area contributed by atoms with Crippen LogP contribution >= 0.6 is 23.3 Å². The van der Waals surface area contributed by atoms with Gasteiger partial charge in [-0.1, -0.05) is 48.5 Å². The third-order valence-electron chi connectivity index (χ3n) is 7.27. The van der Waals surface area contributed by atoms with E-state index in [1.165, 1.54) is 41.9 Å². The topological polar surface area (TPSA) is 54.9 Å². The van der Waals surface area contributed by atoms with Crippen LogP contribution in [0.1, 0.15) is 63.0 Å². The van der Waals surface area contributed by atoms with Crippen molar-refractivity contribution in [1.82, 2.24) is 9.36 Å². The highest BCUT2D eigenvalue weighted by Crippen LogP contribution is 2.66. The minimum atomic E-state index is -0.239. The molecule has 0 radical (unpaired) electrons. The molecule has 154 valence electrons. The molecule has 0 spiro atoms. The standard InChI is InChI=1S/C23H29N3OS2/c1-3-8-28-21-25-20(29-26-21)24-19(27)23-12-16-9-17(13-23)11-22(10-16,14-23)18-6-4-15(2)5-7-18/h4-7,16-17H,3,8-14H2,1-2H3,(H,24,25,26,27). The SMILES string of the molecule is CCCSc1nsc(NC(=O)C23CC4CC(C2)CC(c2ccc(C)cc2)(C4)C3)n1. The average molecular weight is 428 g/mol. The van der Waals surface area contributed by atoms with Gasteiger partial charge in [-0.3, -0.25) is 4.79 Å². The van der Waals surface area contributed by atoms with Crippen LogP contribution in [0.5, 0.6) is 0 Å². The third-order valence-corrected chi connectivity index (χ3v) is 9.07. The lowest BCUT2D eigenvalue weighted by Crippen LogP contribution is -2.57. The highest BCUT2D eigenvalue weighted by atomic mass is 32.2. The quantitative estimate of drug-likeness (QED) is 0.590. The van der Waals surface area contributed by atoms with Crippen LogP contribution in [0.2, 0.25) is 0 Å². The molecular formula is C23H29N3OS2. The van der Waals surface area contributed by atoms with E-state index in [1.807, 2.05) is 0 Å². The normalized spacial score (nSPS) is 32.5. The summed E-state index contributed by atoms with van der Waals surface area (Å²) < 4.78 is 4.40. The van der Waals surface area contributed by atoms with E-state index in [0.29, 0.717) is 17.0 Å². The molecule has 4 aliphatic carbocycles. The Labute approximate surface area is 181 Å². The fourth-order valence-corrected chi connectivity index (χ4v) is 7.91. The molecule has 1 amide bonds. The van der Waals surface area contributed by atoms with Gasteiger partial charge in [-0.2, -0.15) is 9.36 Å². The molecule has 4 aliphatic rings. The van der Waals surface area contributed by atoms with Crippen molar-refractivity contribution in [2.75, 3.05) is 11.1 Å². The van der Waals surface area contributed by atoms with Gasteiger partial charge >= 0.3 is 0 Å². The van der Waals surface area contributed by atoms with Crippen LogP contribution in [0.25, 0.3) is 0 Å². The molecule has 4 saturated carbocycles. The zero-order valence-corrected chi connectivity index (χ0v) is 18.9. The Morgan fingerprint density at radius 2 is 1.93 bits per heavy atom. The molecule has 1 heterocycles. The number of rotatable bonds is 6. The predicted octanol–water partition coefficient (Wildman–Crippen LogP) is 5.83. The number of carbonyl (C=O) groups excluding carboxylic acids is 1. The van der Waals surface area contributed by atoms with Gasteiger partial charge in [0.05, 0.1) is 5.41 Å². The van der Waals surface area contributed by atoms with Crippen molar-refractivity contribution in [1.29, 1.82) is 0 Å². The fraction of sp³-hybridized carbons (Fsp3) is 0.609. The smallest absolute Gasteiger partial charge is 0.232 e. The molecule has 2 atom stereocenters. The molecule has 4 nitrogen and oxygen atoms in total. The molecule has 2 unspecified atom stereocenters. The molecule has 1 aromatic carbocycles. The number of aromatic nitrogens is 2. The van der Waals surface area contributed by atoms with E-state index >= 15 is 0 Å². The van der Waals surface area contributed by atoms with Crippen LogP contribution in [0.4, 0.5) is 5.13 Å². The molecule has 1 aromatic heterocycles. The van der Waals surface area contributed by atoms with Gasteiger partial charge in [0.25, 0.3) is 0 Å². The predicted molar refractivity (Wildman–Crippen MR) is 120 cm³/mol. The van der Waals surface area contributed by atoms with Crippen LogP contribution in [-0.4, -0.2) is 21.0 Å². The van der Waals surface area contributed by atoms with Gasteiger partial charge in [-0.25, -0.2) is 0 Å². The van der Waals surface area contributed by atoms with Gasteiger partial charge in [-0.05, 0) is 74.7 Å². The minimum Gasteiger partial charge on any atom is -0.300 e. The first-order chi connectivity index (χ1) is 14.0. The van der Waals surface area contributed by atoms with Gasteiger partial charge in [0.2, 0.25) is 16.2 Å². The zero-order valence-electron chi connectivity index (χ0n) is 17.2. The number of amides is 1. The monoisotopic (exact) mass is 427 g/mol. The summed E-state index contributed by atoms with van der Waals surface area (Å²) in [5.74, 6) is 2.55. The van der Waals surface area contributed by atoms with Gasteiger partial charge in [0.15, 0.2) is 0 Å². The lowest BCUT2D eigenvalue weighted by atomic mass is 9.42. The third kappa shape index (κ3) is 3.52. The minimum absolute atomic E-state index is 0.179. The number of thioether (sulfide) groups is 1. The maximum Gasteiger partial charge on any atom is 0.232 e. The molecule has 2 aromatic rings. The van der Waals surface area contributed by atoms with Crippen molar-refractivity contribution in [3.63, 3.8) is 0 Å². The van der Waals surface area contributed by atoms with Crippen molar-refractivity contribution in [2.24, 2.45) is 17.3 Å². The summed E-state index contributed by atoms with van der Waals surface area (Å²) >= 11 is 2.98. The second-order valence-corrected chi connectivity index (χ2v) is 11.4. The van der Waals surface area contributed by atoms with Crippen LogP contribution in [0.3, 0.4) is 0 Å². The number of nitrogens with zero attached hydrogens (tertiary/aromatic N) is 2. The van der Waals surface area contributed by atoms with Crippen molar-refractivity contribution in [3.05, 3.63) is 35.4 Å². The molecule has 6 rings (SSSR count). The van der Waals surface area contributed by atoms with E-state index < -0.39 is 0 Å². The van der Waals surface area contributed by atoms with Crippen molar-refractivity contribution >= 4 is 34.3 Å². The number of hydrogen-bond acceptors (Lipinski definition) is 5. The molecule has 0 aliphatic heterocycles. The summed E-state index contributed by atoms with van der Waals surface area (Å²) in [7, 11) is 0. The Morgan fingerprint density at radius 1 is 1.21 bits per heavy atom. The second-order valence-electron chi connectivity index (χ2n) is 9.57. The van der Waals surface area contributed by atoms with Crippen molar-refractivity contribution < 1.29 is 4.79 Å². The number of aryl methyl sites for hydroxylation is 1. The second kappa shape index (κ2) is 7.38. The number of carbonyl (C=O) groups is 1. The van der Waals surface area contributed by atoms with E-state index in [0.717, 1.165) is 36.6 Å². The van der Waals surface area contributed by atoms with Gasteiger partial charge < -0.3 is 5.32 Å². The van der Waals surface area contributed by atoms with Crippen molar-refractivity contribution in [3.8, 4) is 0 Å². The van der Waals surface area contributed by atoms with E-state index in [4.69, 9.17) is 0 Å². The summed E-state index contributed by atoms with van der Waals surface area (Å²) in [5.41, 5.74) is 2.69. The van der Waals surface area contributed by atoms with Crippen LogP contribution < -0.4 is 5.32 Å². The molecule has 6 heteroatoms. The molecule has 4 bridgehead atoms. The largest absolute Gasteiger partial charge is 0.300 e. The first-order valence-electron chi connectivity index (χ1n) is 10.9. The van der Waals surface area contributed by atoms with E-state index in [9.17, 15) is 4.79 Å². The Hall–Kier alpha value is -1.40. The average Bonchev–Trinajstić information content (AvgIpc) is 3.13. The van der Waals surface area contributed by atoms with Gasteiger partial charge in [0, 0.05) is 17.3 Å². The Balaban J connectivity index is 1.39. The van der Waals surface area contributed by atoms with Crippen molar-refractivity contribution in [2.45, 2.75) is 69.4 Å². The summed E-state index contributed by atoms with van der Waals surface area (Å²) in [6.45, 7) is 4.30. The van der Waals surface area contributed by atoms with E-state index in [-0.39, 0.29) is 16.7 Å². The van der Waals surface area contributed by atoms with E-state index in [1.54, 1.807) is 11.8 Å². The van der Waals surface area contributed by atoms with Gasteiger partial charge in [-0.15, -0.1) is 0 Å². The molecular weight excluding hydrogens is 398 g/mol. The first-order valence-corrected chi connectivity index (χ1v) is 12.6. The molecule has 1 N–H and O–H groups in total. The zero-order chi connectivity index (χ0) is 20.1. The maximum atomic E-state index is 13.5. The molecule has 0 saturated heterocycles. The Kier molecular flexibility index (Phi) is 4.98. The Bertz CT molecular complexity index is 893. The molecule has 29 heavy (non-hydrogen) atoms. The summed E-state index contributed by atoms with van der Waals surface area (Å²) in [5, 5.41) is 4.61. The lowest BCUT2D eigenvalue weighted by Gasteiger charge is -2.61. The summed E-state index contributed by atoms with van der Waals surface area (Å²) in [4.78, 5) is 18.1. The molecule has 4 fully saturated rings. The van der Waals surface area contributed by atoms with Gasteiger partial charge in [0.1, 0.15) is 0 Å². The van der Waals surface area contributed by atoms with Crippen LogP contribution in [0.15, 0.2) is 29.4 Å². The number of anilines is 1. The first kappa shape index (κ1) is 19.6. The highest BCUT2D eigenvalue weighted by molar-refractivity contribution is 7.99. The number of benzene rings is 1. The summed E-state index contributed by atoms with van der Waals surface area (Å²) in [6.07, 6.45) is 7.96. The van der Waals surface area contributed by atoms with E-state index in [2.05, 4.69) is 52.8 Å².